The van der Waals surface area contributed by atoms with Crippen LogP contribution in [0.25, 0.3) is 0 Å². The number of phenols is 1. The monoisotopic (exact) mass is 215 g/mol. The van der Waals surface area contributed by atoms with Gasteiger partial charge in [-0.25, -0.2) is 0 Å². The zero-order valence-electron chi connectivity index (χ0n) is 7.33. The van der Waals surface area contributed by atoms with Crippen molar-refractivity contribution in [2.24, 2.45) is 5.73 Å². The third kappa shape index (κ3) is 2.04. The first-order valence-corrected chi connectivity index (χ1v) is 4.33. The summed E-state index contributed by atoms with van der Waals surface area (Å²) in [6.45, 7) is -0.511. The number of aromatic hydroxyl groups is 1. The van der Waals surface area contributed by atoms with Crippen LogP contribution in [0.1, 0.15) is 15.9 Å². The molecule has 5 heteroatoms. The van der Waals surface area contributed by atoms with Gasteiger partial charge < -0.3 is 15.9 Å². The van der Waals surface area contributed by atoms with E-state index in [1.54, 1.807) is 0 Å². The summed E-state index contributed by atoms with van der Waals surface area (Å²) in [6, 6.07) is 2.70. The third-order valence-corrected chi connectivity index (χ3v) is 2.11. The van der Waals surface area contributed by atoms with Crippen LogP contribution < -0.4 is 5.73 Å². The number of Topliss-reactive ketones (excluding diaryl/α,β-unsaturated/α-hetero) is 1. The number of ketones is 1. The maximum Gasteiger partial charge on any atom is 0.176 e. The largest absolute Gasteiger partial charge is 0.506 e. The van der Waals surface area contributed by atoms with Gasteiger partial charge in [0, 0.05) is 11.1 Å². The summed E-state index contributed by atoms with van der Waals surface area (Å²) < 4.78 is 0. The number of carbonyl (C=O) groups excluding carboxylic acids is 1. The van der Waals surface area contributed by atoms with E-state index in [-0.39, 0.29) is 35.3 Å². The van der Waals surface area contributed by atoms with Gasteiger partial charge in [0.25, 0.3) is 0 Å². The number of rotatable bonds is 3. The molecule has 14 heavy (non-hydrogen) atoms. The van der Waals surface area contributed by atoms with Crippen molar-refractivity contribution in [2.75, 3.05) is 6.54 Å². The molecule has 0 heterocycles. The van der Waals surface area contributed by atoms with E-state index in [1.807, 2.05) is 0 Å². The quantitative estimate of drug-likeness (QED) is 0.648. The summed E-state index contributed by atoms with van der Waals surface area (Å²) in [4.78, 5) is 11.2. The molecule has 0 aliphatic heterocycles. The molecule has 0 aliphatic carbocycles. The number of hydrogen-bond donors (Lipinski definition) is 3. The molecule has 0 fully saturated rings. The van der Waals surface area contributed by atoms with E-state index >= 15 is 0 Å². The van der Waals surface area contributed by atoms with E-state index in [0.717, 1.165) is 0 Å². The van der Waals surface area contributed by atoms with Crippen molar-refractivity contribution in [2.45, 2.75) is 6.61 Å². The zero-order valence-corrected chi connectivity index (χ0v) is 8.08. The van der Waals surface area contributed by atoms with Crippen LogP contribution in [0.15, 0.2) is 12.1 Å². The predicted octanol–water partition coefficient (Wildman–Crippen LogP) is 0.679. The highest BCUT2D eigenvalue weighted by molar-refractivity contribution is 6.32. The van der Waals surface area contributed by atoms with Gasteiger partial charge in [0.15, 0.2) is 5.78 Å². The Hall–Kier alpha value is -1.10. The fraction of sp³-hybridized carbons (Fsp3) is 0.222. The van der Waals surface area contributed by atoms with Crippen molar-refractivity contribution < 1.29 is 15.0 Å². The number of carbonyl (C=O) groups is 1. The summed E-state index contributed by atoms with van der Waals surface area (Å²) in [5, 5.41) is 18.2. The van der Waals surface area contributed by atoms with Gasteiger partial charge in [-0.2, -0.15) is 0 Å². The Morgan fingerprint density at radius 2 is 2.14 bits per heavy atom. The highest BCUT2D eigenvalue weighted by Gasteiger charge is 2.11. The molecule has 4 N–H and O–H groups in total. The molecule has 0 unspecified atom stereocenters. The molecule has 1 aromatic rings. The summed E-state index contributed by atoms with van der Waals surface area (Å²) in [5.41, 5.74) is 5.67. The molecule has 76 valence electrons. The van der Waals surface area contributed by atoms with E-state index < -0.39 is 0 Å². The van der Waals surface area contributed by atoms with Crippen LogP contribution >= 0.6 is 11.6 Å². The molecule has 0 radical (unpaired) electrons. The minimum atomic E-state index is -0.378. The zero-order chi connectivity index (χ0) is 10.7. The Morgan fingerprint density at radius 1 is 1.50 bits per heavy atom. The van der Waals surface area contributed by atoms with Gasteiger partial charge in [-0.3, -0.25) is 4.79 Å². The first kappa shape index (κ1) is 11.0. The van der Waals surface area contributed by atoms with Crippen molar-refractivity contribution in [1.29, 1.82) is 0 Å². The number of halogens is 1. The Kier molecular flexibility index (Phi) is 3.46. The highest BCUT2D eigenvalue weighted by atomic mass is 35.5. The average molecular weight is 216 g/mol. The maximum atomic E-state index is 11.2. The average Bonchev–Trinajstić information content (AvgIpc) is 2.20. The van der Waals surface area contributed by atoms with Gasteiger partial charge >= 0.3 is 0 Å². The lowest BCUT2D eigenvalue weighted by Crippen LogP contribution is -2.13. The van der Waals surface area contributed by atoms with E-state index in [4.69, 9.17) is 22.4 Å². The van der Waals surface area contributed by atoms with Gasteiger partial charge in [0.05, 0.1) is 18.2 Å². The summed E-state index contributed by atoms with van der Waals surface area (Å²) >= 11 is 5.64. The third-order valence-electron chi connectivity index (χ3n) is 1.82. The molecule has 0 amide bonds. The SMILES string of the molecule is NCC(=O)c1cc(Cl)c(O)c(CO)c1. The Morgan fingerprint density at radius 3 is 2.64 bits per heavy atom. The minimum Gasteiger partial charge on any atom is -0.506 e. The van der Waals surface area contributed by atoms with Gasteiger partial charge in [-0.15, -0.1) is 0 Å². The van der Waals surface area contributed by atoms with Crippen LogP contribution in [0, 0.1) is 0 Å². The topological polar surface area (TPSA) is 83.6 Å². The number of nitrogens with two attached hydrogens (primary N) is 1. The second-order valence-electron chi connectivity index (χ2n) is 2.75. The van der Waals surface area contributed by atoms with E-state index in [2.05, 4.69) is 0 Å². The normalized spacial score (nSPS) is 10.2. The van der Waals surface area contributed by atoms with Crippen LogP contribution in [-0.4, -0.2) is 22.5 Å². The van der Waals surface area contributed by atoms with Gasteiger partial charge in [-0.1, -0.05) is 11.6 Å². The first-order chi connectivity index (χ1) is 6.60. The maximum absolute atomic E-state index is 11.2. The van der Waals surface area contributed by atoms with Gasteiger partial charge in [-0.05, 0) is 12.1 Å². The minimum absolute atomic E-state index is 0.0355. The second kappa shape index (κ2) is 4.41. The van der Waals surface area contributed by atoms with Crippen molar-refractivity contribution >= 4 is 17.4 Å². The molecule has 0 bridgehead atoms. The molecule has 4 nitrogen and oxygen atoms in total. The fourth-order valence-corrected chi connectivity index (χ4v) is 1.29. The molecule has 0 atom stereocenters. The number of hydrogen-bond acceptors (Lipinski definition) is 4. The standard InChI is InChI=1S/C9H10ClNO3/c10-7-2-5(8(13)3-11)1-6(4-12)9(7)14/h1-2,12,14H,3-4,11H2. The lowest BCUT2D eigenvalue weighted by atomic mass is 10.1. The molecule has 0 saturated carbocycles. The fourth-order valence-electron chi connectivity index (χ4n) is 1.06. The van der Waals surface area contributed by atoms with Crippen LogP contribution in [0.5, 0.6) is 5.75 Å². The molecule has 0 spiro atoms. The molecule has 1 rings (SSSR count). The Balaban J connectivity index is 3.22. The highest BCUT2D eigenvalue weighted by Crippen LogP contribution is 2.29. The molecule has 0 aromatic heterocycles. The molecule has 0 saturated heterocycles. The molecular formula is C9H10ClNO3. The van der Waals surface area contributed by atoms with Crippen LogP contribution in [0.4, 0.5) is 0 Å². The van der Waals surface area contributed by atoms with Gasteiger partial charge in [0.2, 0.25) is 0 Å². The van der Waals surface area contributed by atoms with E-state index in [1.165, 1.54) is 12.1 Å². The van der Waals surface area contributed by atoms with Crippen molar-refractivity contribution in [3.05, 3.63) is 28.3 Å². The van der Waals surface area contributed by atoms with E-state index in [0.29, 0.717) is 5.56 Å². The lowest BCUT2D eigenvalue weighted by molar-refractivity contribution is 0.100. The van der Waals surface area contributed by atoms with Crippen molar-refractivity contribution in [1.82, 2.24) is 0 Å². The molecular weight excluding hydrogens is 206 g/mol. The van der Waals surface area contributed by atoms with Crippen molar-refractivity contribution in [3.63, 3.8) is 0 Å². The second-order valence-corrected chi connectivity index (χ2v) is 3.16. The van der Waals surface area contributed by atoms with Crippen molar-refractivity contribution in [3.8, 4) is 5.75 Å². The summed E-state index contributed by atoms with van der Waals surface area (Å²) in [7, 11) is 0. The predicted molar refractivity (Wildman–Crippen MR) is 52.4 cm³/mol. The lowest BCUT2D eigenvalue weighted by Gasteiger charge is -2.06. The van der Waals surface area contributed by atoms with Crippen LogP contribution in [0.3, 0.4) is 0 Å². The first-order valence-electron chi connectivity index (χ1n) is 3.95. The van der Waals surface area contributed by atoms with E-state index in [9.17, 15) is 9.90 Å². The number of aliphatic hydroxyl groups is 1. The molecule has 0 aliphatic rings. The van der Waals surface area contributed by atoms with Crippen LogP contribution in [0.2, 0.25) is 5.02 Å². The Labute approximate surface area is 85.9 Å². The molecule has 1 aromatic carbocycles. The summed E-state index contributed by atoms with van der Waals surface area (Å²) in [5.74, 6) is -0.496. The number of benzene rings is 1. The van der Waals surface area contributed by atoms with Gasteiger partial charge in [0.1, 0.15) is 5.75 Å². The number of aliphatic hydroxyl groups excluding tert-OH is 1. The van der Waals surface area contributed by atoms with Crippen LogP contribution in [-0.2, 0) is 6.61 Å². The Bertz CT molecular complexity index is 365. The summed E-state index contributed by atoms with van der Waals surface area (Å²) in [6.07, 6.45) is 0. The smallest absolute Gasteiger partial charge is 0.176 e.